The quantitative estimate of drug-likeness (QED) is 0.419. The molecule has 0 aliphatic heterocycles. The minimum Gasteiger partial charge on any atom is -0.299 e. The molecule has 7 nitrogen and oxygen atoms in total. The molecule has 0 aliphatic carbocycles. The van der Waals surface area contributed by atoms with Crippen LogP contribution in [0.5, 0.6) is 0 Å². The number of H-pyrrole nitrogens is 1. The number of rotatable bonds is 4. The van der Waals surface area contributed by atoms with Crippen molar-refractivity contribution in [3.63, 3.8) is 0 Å². The van der Waals surface area contributed by atoms with Gasteiger partial charge in [0.1, 0.15) is 17.0 Å². The molecule has 0 aliphatic rings. The first-order valence-corrected chi connectivity index (χ1v) is 8.57. The molecule has 2 aromatic heterocycles. The van der Waals surface area contributed by atoms with Gasteiger partial charge in [-0.3, -0.25) is 14.8 Å². The van der Waals surface area contributed by atoms with E-state index in [1.165, 1.54) is 6.20 Å². The Kier molecular flexibility index (Phi) is 4.43. The van der Waals surface area contributed by atoms with E-state index in [9.17, 15) is 4.79 Å². The van der Waals surface area contributed by atoms with E-state index in [-0.39, 0.29) is 5.02 Å². The molecule has 0 saturated carbocycles. The Hall–Kier alpha value is -3.45. The highest BCUT2D eigenvalue weighted by atomic mass is 35.5. The summed E-state index contributed by atoms with van der Waals surface area (Å²) in [4.78, 5) is 15.9. The van der Waals surface area contributed by atoms with Gasteiger partial charge >= 0.3 is 0 Å². The lowest BCUT2D eigenvalue weighted by Crippen LogP contribution is -2.10. The van der Waals surface area contributed by atoms with Crippen LogP contribution >= 0.6 is 11.6 Å². The van der Waals surface area contributed by atoms with Gasteiger partial charge in [-0.25, -0.2) is 10.1 Å². The second-order valence-corrected chi connectivity index (χ2v) is 6.26. The molecule has 8 heteroatoms. The highest BCUT2D eigenvalue weighted by Gasteiger charge is 2.06. The van der Waals surface area contributed by atoms with E-state index in [4.69, 9.17) is 11.6 Å². The highest BCUT2D eigenvalue weighted by Crippen LogP contribution is 2.19. The van der Waals surface area contributed by atoms with Gasteiger partial charge in [0.05, 0.1) is 22.9 Å². The van der Waals surface area contributed by atoms with Crippen molar-refractivity contribution in [3.05, 3.63) is 82.0 Å². The molecule has 27 heavy (non-hydrogen) atoms. The molecule has 2 aromatic carbocycles. The number of hydrazone groups is 1. The lowest BCUT2D eigenvalue weighted by molar-refractivity contribution is 0.986. The molecule has 0 radical (unpaired) electrons. The second-order valence-electron chi connectivity index (χ2n) is 5.89. The summed E-state index contributed by atoms with van der Waals surface area (Å²) in [5.74, 6) is 0. The number of imidazole rings is 1. The fourth-order valence-corrected chi connectivity index (χ4v) is 2.83. The molecule has 0 spiro atoms. The van der Waals surface area contributed by atoms with Crippen molar-refractivity contribution in [2.45, 2.75) is 6.92 Å². The summed E-state index contributed by atoms with van der Waals surface area (Å²) in [6, 6.07) is 15.9. The first kappa shape index (κ1) is 17.0. The number of hydrogen-bond acceptors (Lipinski definition) is 5. The predicted octanol–water partition coefficient (Wildman–Crippen LogP) is 3.60. The predicted molar refractivity (Wildman–Crippen MR) is 107 cm³/mol. The van der Waals surface area contributed by atoms with Crippen LogP contribution < -0.4 is 11.0 Å². The van der Waals surface area contributed by atoms with Crippen LogP contribution in [0, 0.1) is 0 Å². The number of para-hydroxylation sites is 2. The van der Waals surface area contributed by atoms with Crippen molar-refractivity contribution < 1.29 is 0 Å². The van der Waals surface area contributed by atoms with Gasteiger partial charge in [0.15, 0.2) is 0 Å². The molecule has 4 aromatic rings. The van der Waals surface area contributed by atoms with Gasteiger partial charge in [-0.15, -0.1) is 0 Å². The third kappa shape index (κ3) is 3.32. The summed E-state index contributed by atoms with van der Waals surface area (Å²) in [7, 11) is 0. The van der Waals surface area contributed by atoms with E-state index >= 15 is 0 Å². The van der Waals surface area contributed by atoms with E-state index in [2.05, 4.69) is 25.7 Å². The maximum absolute atomic E-state index is 11.5. The zero-order chi connectivity index (χ0) is 18.8. The van der Waals surface area contributed by atoms with E-state index in [0.717, 1.165) is 28.0 Å². The lowest BCUT2D eigenvalue weighted by Gasteiger charge is -2.07. The fourth-order valence-electron chi connectivity index (χ4n) is 2.70. The number of hydrogen-bond donors (Lipinski definition) is 2. The van der Waals surface area contributed by atoms with Crippen LogP contribution in [-0.2, 0) is 0 Å². The Labute approximate surface area is 159 Å². The van der Waals surface area contributed by atoms with Crippen LogP contribution in [0.15, 0.2) is 71.0 Å². The van der Waals surface area contributed by atoms with E-state index in [0.29, 0.717) is 5.69 Å². The number of aromatic nitrogens is 4. The number of fused-ring (bicyclic) bond motifs is 1. The number of anilines is 1. The smallest absolute Gasteiger partial charge is 0.285 e. The number of aromatic amines is 1. The first-order chi connectivity index (χ1) is 13.1. The van der Waals surface area contributed by atoms with Crippen LogP contribution in [-0.4, -0.2) is 25.5 Å². The average Bonchev–Trinajstić information content (AvgIpc) is 3.13. The van der Waals surface area contributed by atoms with Crippen LogP contribution in [0.3, 0.4) is 0 Å². The molecule has 0 amide bonds. The normalized spacial score (nSPS) is 11.7. The number of benzene rings is 2. The standard InChI is InChI=1S/C19H15ClN6O/c1-12(23-24-16-10-22-25-19(27)18(16)20)13-6-8-14(9-7-13)26-11-21-15-4-2-3-5-17(15)26/h2-11H,1H3,(H2,24,25,27)/b23-12-. The molecule has 0 saturated heterocycles. The third-order valence-electron chi connectivity index (χ3n) is 4.16. The fraction of sp³-hybridized carbons (Fsp3) is 0.0526. The van der Waals surface area contributed by atoms with Gasteiger partial charge in [-0.2, -0.15) is 10.2 Å². The minimum absolute atomic E-state index is 0.0175. The molecule has 0 atom stereocenters. The van der Waals surface area contributed by atoms with Crippen LogP contribution in [0.2, 0.25) is 5.02 Å². The van der Waals surface area contributed by atoms with Crippen LogP contribution in [0.1, 0.15) is 12.5 Å². The van der Waals surface area contributed by atoms with Crippen molar-refractivity contribution in [1.29, 1.82) is 0 Å². The maximum atomic E-state index is 11.5. The van der Waals surface area contributed by atoms with E-state index in [1.54, 1.807) is 0 Å². The van der Waals surface area contributed by atoms with E-state index < -0.39 is 5.56 Å². The van der Waals surface area contributed by atoms with Gasteiger partial charge in [0, 0.05) is 5.69 Å². The van der Waals surface area contributed by atoms with Crippen LogP contribution in [0.4, 0.5) is 5.69 Å². The average molecular weight is 379 g/mol. The van der Waals surface area contributed by atoms with Crippen molar-refractivity contribution in [2.24, 2.45) is 5.10 Å². The molecule has 4 rings (SSSR count). The minimum atomic E-state index is -0.466. The zero-order valence-electron chi connectivity index (χ0n) is 14.3. The Bertz CT molecular complexity index is 1190. The molecular formula is C19H15ClN6O. The molecular weight excluding hydrogens is 364 g/mol. The summed E-state index contributed by atoms with van der Waals surface area (Å²) < 4.78 is 2.03. The monoisotopic (exact) mass is 378 g/mol. The zero-order valence-corrected chi connectivity index (χ0v) is 15.1. The van der Waals surface area contributed by atoms with Crippen molar-refractivity contribution in [2.75, 3.05) is 5.43 Å². The van der Waals surface area contributed by atoms with Gasteiger partial charge < -0.3 is 0 Å². The van der Waals surface area contributed by atoms with Crippen molar-refractivity contribution in [1.82, 2.24) is 19.7 Å². The van der Waals surface area contributed by atoms with Gasteiger partial charge in [-0.05, 0) is 36.8 Å². The SMILES string of the molecule is C/C(=N/Nc1cn[nH]c(=O)c1Cl)c1ccc(-n2cnc3ccccc32)cc1. The Morgan fingerprint density at radius 2 is 1.96 bits per heavy atom. The van der Waals surface area contributed by atoms with Crippen molar-refractivity contribution >= 4 is 34.0 Å². The lowest BCUT2D eigenvalue weighted by atomic mass is 10.1. The number of halogens is 1. The topological polar surface area (TPSA) is 88.0 Å². The third-order valence-corrected chi connectivity index (χ3v) is 4.53. The highest BCUT2D eigenvalue weighted by molar-refractivity contribution is 6.32. The Morgan fingerprint density at radius 3 is 2.78 bits per heavy atom. The molecule has 2 heterocycles. The van der Waals surface area contributed by atoms with E-state index in [1.807, 2.05) is 66.3 Å². The number of nitrogens with one attached hydrogen (secondary N) is 2. The van der Waals surface area contributed by atoms with Gasteiger partial charge in [-0.1, -0.05) is 35.9 Å². The summed E-state index contributed by atoms with van der Waals surface area (Å²) >= 11 is 5.92. The first-order valence-electron chi connectivity index (χ1n) is 8.20. The summed E-state index contributed by atoms with van der Waals surface area (Å²) in [5.41, 5.74) is 7.35. The number of nitrogens with zero attached hydrogens (tertiary/aromatic N) is 4. The summed E-state index contributed by atoms with van der Waals surface area (Å²) in [5, 5.41) is 10.3. The molecule has 0 bridgehead atoms. The Morgan fingerprint density at radius 1 is 1.19 bits per heavy atom. The summed E-state index contributed by atoms with van der Waals surface area (Å²) in [6.07, 6.45) is 3.22. The van der Waals surface area contributed by atoms with Crippen LogP contribution in [0.25, 0.3) is 16.7 Å². The largest absolute Gasteiger partial charge is 0.299 e. The molecule has 134 valence electrons. The molecule has 2 N–H and O–H groups in total. The Balaban J connectivity index is 1.58. The second kappa shape index (κ2) is 7.05. The van der Waals surface area contributed by atoms with Gasteiger partial charge in [0.2, 0.25) is 0 Å². The molecule has 0 fully saturated rings. The van der Waals surface area contributed by atoms with Crippen molar-refractivity contribution in [3.8, 4) is 5.69 Å². The molecule has 0 unspecified atom stereocenters. The maximum Gasteiger partial charge on any atom is 0.285 e. The summed E-state index contributed by atoms with van der Waals surface area (Å²) in [6.45, 7) is 1.86. The van der Waals surface area contributed by atoms with Gasteiger partial charge in [0.25, 0.3) is 5.56 Å².